The lowest BCUT2D eigenvalue weighted by molar-refractivity contribution is 0.0947. The quantitative estimate of drug-likeness (QED) is 0.796. The molecule has 2 aromatic rings. The van der Waals surface area contributed by atoms with Crippen molar-refractivity contribution >= 4 is 17.4 Å². The van der Waals surface area contributed by atoms with E-state index in [2.05, 4.69) is 64.3 Å². The number of hydrogen-bond acceptors (Lipinski definition) is 5. The molecule has 0 spiro atoms. The average Bonchev–Trinajstić information content (AvgIpc) is 2.70. The summed E-state index contributed by atoms with van der Waals surface area (Å²) in [5.41, 5.74) is 4.38. The summed E-state index contributed by atoms with van der Waals surface area (Å²) < 4.78 is 0. The van der Waals surface area contributed by atoms with Crippen LogP contribution in [0.5, 0.6) is 0 Å². The van der Waals surface area contributed by atoms with Gasteiger partial charge in [0, 0.05) is 38.4 Å². The number of nitrogens with one attached hydrogen (secondary N) is 1. The Morgan fingerprint density at radius 3 is 2.44 bits per heavy atom. The zero-order valence-electron chi connectivity index (χ0n) is 16.5. The van der Waals surface area contributed by atoms with E-state index < -0.39 is 0 Å². The van der Waals surface area contributed by atoms with Crippen LogP contribution in [0.2, 0.25) is 0 Å². The zero-order valence-corrected chi connectivity index (χ0v) is 16.5. The third-order valence-corrected chi connectivity index (χ3v) is 5.22. The maximum absolute atomic E-state index is 12.0. The Bertz CT molecular complexity index is 767. The summed E-state index contributed by atoms with van der Waals surface area (Å²) in [6.07, 6.45) is 2.03. The normalized spacial score (nSPS) is 14.3. The molecule has 0 saturated carbocycles. The number of anilines is 2. The van der Waals surface area contributed by atoms with E-state index in [9.17, 15) is 4.79 Å². The van der Waals surface area contributed by atoms with Gasteiger partial charge >= 0.3 is 0 Å². The number of carbonyl (C=O) groups excluding carboxylic acids is 1. The number of carbonyl (C=O) groups is 1. The predicted molar refractivity (Wildman–Crippen MR) is 110 cm³/mol. The first-order chi connectivity index (χ1) is 13.1. The molecule has 1 fully saturated rings. The van der Waals surface area contributed by atoms with E-state index in [1.54, 1.807) is 6.07 Å². The Labute approximate surface area is 161 Å². The predicted octanol–water partition coefficient (Wildman–Crippen LogP) is 2.95. The molecule has 0 radical (unpaired) electrons. The molecule has 0 atom stereocenters. The number of unbranched alkanes of at least 4 members (excludes halogenated alkanes) is 1. The molecule has 2 heterocycles. The van der Waals surface area contributed by atoms with Gasteiger partial charge < -0.3 is 15.1 Å². The number of aryl methyl sites for hydroxylation is 1. The van der Waals surface area contributed by atoms with E-state index in [0.29, 0.717) is 12.2 Å². The SMILES string of the molecule is CCCCNC(=O)c1ccc(N2CCN(c3cccc(C)c3C)CC2)nn1. The summed E-state index contributed by atoms with van der Waals surface area (Å²) in [5, 5.41) is 11.3. The van der Waals surface area contributed by atoms with Gasteiger partial charge in [-0.05, 0) is 49.6 Å². The topological polar surface area (TPSA) is 61.4 Å². The van der Waals surface area contributed by atoms with E-state index in [4.69, 9.17) is 0 Å². The molecule has 6 nitrogen and oxygen atoms in total. The van der Waals surface area contributed by atoms with Crippen LogP contribution in [-0.2, 0) is 0 Å². The number of benzene rings is 1. The third-order valence-electron chi connectivity index (χ3n) is 5.22. The molecule has 1 saturated heterocycles. The molecule has 27 heavy (non-hydrogen) atoms. The molecule has 6 heteroatoms. The largest absolute Gasteiger partial charge is 0.368 e. The summed E-state index contributed by atoms with van der Waals surface area (Å²) in [7, 11) is 0. The van der Waals surface area contributed by atoms with Crippen LogP contribution in [0.15, 0.2) is 30.3 Å². The number of amides is 1. The smallest absolute Gasteiger partial charge is 0.271 e. The number of piperazine rings is 1. The number of rotatable bonds is 6. The molecule has 0 bridgehead atoms. The Hall–Kier alpha value is -2.63. The fourth-order valence-electron chi connectivity index (χ4n) is 3.34. The first kappa shape index (κ1) is 19.1. The number of hydrogen-bond donors (Lipinski definition) is 1. The average molecular weight is 367 g/mol. The summed E-state index contributed by atoms with van der Waals surface area (Å²) >= 11 is 0. The highest BCUT2D eigenvalue weighted by Gasteiger charge is 2.20. The maximum atomic E-state index is 12.0. The first-order valence-corrected chi connectivity index (χ1v) is 9.78. The van der Waals surface area contributed by atoms with Gasteiger partial charge in [0.15, 0.2) is 11.5 Å². The van der Waals surface area contributed by atoms with Crippen LogP contribution in [0.25, 0.3) is 0 Å². The van der Waals surface area contributed by atoms with E-state index in [1.807, 2.05) is 6.07 Å². The monoisotopic (exact) mass is 367 g/mol. The lowest BCUT2D eigenvalue weighted by Crippen LogP contribution is -2.47. The highest BCUT2D eigenvalue weighted by molar-refractivity contribution is 5.92. The highest BCUT2D eigenvalue weighted by atomic mass is 16.1. The van der Waals surface area contributed by atoms with Gasteiger partial charge in [-0.2, -0.15) is 0 Å². The highest BCUT2D eigenvalue weighted by Crippen LogP contribution is 2.24. The molecule has 0 aliphatic carbocycles. The first-order valence-electron chi connectivity index (χ1n) is 9.78. The van der Waals surface area contributed by atoms with Crippen molar-refractivity contribution in [2.45, 2.75) is 33.6 Å². The molecule has 1 aromatic carbocycles. The molecule has 1 aliphatic heterocycles. The Morgan fingerprint density at radius 2 is 1.78 bits per heavy atom. The Morgan fingerprint density at radius 1 is 1.04 bits per heavy atom. The summed E-state index contributed by atoms with van der Waals surface area (Å²) in [5.74, 6) is 0.683. The Kier molecular flexibility index (Phi) is 6.27. The molecule has 0 unspecified atom stereocenters. The maximum Gasteiger partial charge on any atom is 0.271 e. The van der Waals surface area contributed by atoms with Gasteiger partial charge in [0.25, 0.3) is 5.91 Å². The van der Waals surface area contributed by atoms with Gasteiger partial charge in [-0.25, -0.2) is 0 Å². The van der Waals surface area contributed by atoms with Crippen LogP contribution in [0.1, 0.15) is 41.4 Å². The molecule has 3 rings (SSSR count). The van der Waals surface area contributed by atoms with Crippen molar-refractivity contribution in [3.63, 3.8) is 0 Å². The van der Waals surface area contributed by atoms with Crippen LogP contribution >= 0.6 is 0 Å². The van der Waals surface area contributed by atoms with E-state index >= 15 is 0 Å². The van der Waals surface area contributed by atoms with Crippen molar-refractivity contribution in [3.05, 3.63) is 47.2 Å². The van der Waals surface area contributed by atoms with Crippen molar-refractivity contribution in [2.24, 2.45) is 0 Å². The standard InChI is InChI=1S/C21H29N5O/c1-4-5-11-22-21(27)18-9-10-20(24-23-18)26-14-12-25(13-15-26)19-8-6-7-16(2)17(19)3/h6-10H,4-5,11-15H2,1-3H3,(H,22,27). The molecule has 1 aliphatic rings. The molecular formula is C21H29N5O. The molecule has 144 valence electrons. The molecule has 1 N–H and O–H groups in total. The second-order valence-electron chi connectivity index (χ2n) is 7.08. The van der Waals surface area contributed by atoms with Gasteiger partial charge in [-0.15, -0.1) is 10.2 Å². The van der Waals surface area contributed by atoms with Crippen LogP contribution in [-0.4, -0.2) is 48.8 Å². The molecular weight excluding hydrogens is 338 g/mol. The summed E-state index contributed by atoms with van der Waals surface area (Å²) in [4.78, 5) is 16.7. The van der Waals surface area contributed by atoms with Crippen molar-refractivity contribution < 1.29 is 4.79 Å². The number of nitrogens with zero attached hydrogens (tertiary/aromatic N) is 4. The van der Waals surface area contributed by atoms with Gasteiger partial charge in [0.05, 0.1) is 0 Å². The van der Waals surface area contributed by atoms with Crippen LogP contribution in [0.3, 0.4) is 0 Å². The number of aromatic nitrogens is 2. The summed E-state index contributed by atoms with van der Waals surface area (Å²) in [6, 6.07) is 10.1. The van der Waals surface area contributed by atoms with Crippen molar-refractivity contribution in [3.8, 4) is 0 Å². The van der Waals surface area contributed by atoms with Crippen molar-refractivity contribution in [1.29, 1.82) is 0 Å². The minimum Gasteiger partial charge on any atom is -0.368 e. The fourth-order valence-corrected chi connectivity index (χ4v) is 3.34. The van der Waals surface area contributed by atoms with Crippen molar-refractivity contribution in [2.75, 3.05) is 42.5 Å². The summed E-state index contributed by atoms with van der Waals surface area (Å²) in [6.45, 7) is 10.8. The second-order valence-corrected chi connectivity index (χ2v) is 7.08. The van der Waals surface area contributed by atoms with Gasteiger partial charge in [0.1, 0.15) is 0 Å². The second kappa shape index (κ2) is 8.84. The van der Waals surface area contributed by atoms with E-state index in [0.717, 1.165) is 44.8 Å². The van der Waals surface area contributed by atoms with Crippen LogP contribution < -0.4 is 15.1 Å². The lowest BCUT2D eigenvalue weighted by Gasteiger charge is -2.37. The fraction of sp³-hybridized carbons (Fsp3) is 0.476. The van der Waals surface area contributed by atoms with Crippen LogP contribution in [0, 0.1) is 13.8 Å². The zero-order chi connectivity index (χ0) is 19.2. The van der Waals surface area contributed by atoms with Crippen molar-refractivity contribution in [1.82, 2.24) is 15.5 Å². The Balaban J connectivity index is 1.58. The van der Waals surface area contributed by atoms with Crippen LogP contribution in [0.4, 0.5) is 11.5 Å². The van der Waals surface area contributed by atoms with E-state index in [-0.39, 0.29) is 5.91 Å². The van der Waals surface area contributed by atoms with E-state index in [1.165, 1.54) is 16.8 Å². The van der Waals surface area contributed by atoms with Gasteiger partial charge in [0.2, 0.25) is 0 Å². The van der Waals surface area contributed by atoms with Gasteiger partial charge in [-0.1, -0.05) is 25.5 Å². The van der Waals surface area contributed by atoms with Gasteiger partial charge in [-0.3, -0.25) is 4.79 Å². The minimum atomic E-state index is -0.151. The third kappa shape index (κ3) is 4.56. The molecule has 1 amide bonds. The molecule has 1 aromatic heterocycles. The minimum absolute atomic E-state index is 0.151. The lowest BCUT2D eigenvalue weighted by atomic mass is 10.1.